The van der Waals surface area contributed by atoms with E-state index in [1.54, 1.807) is 0 Å². The zero-order valence-corrected chi connectivity index (χ0v) is 14.7. The van der Waals surface area contributed by atoms with E-state index in [1.165, 1.54) is 11.1 Å². The molecule has 0 aromatic heterocycles. The van der Waals surface area contributed by atoms with Crippen LogP contribution < -0.4 is 4.74 Å². The van der Waals surface area contributed by atoms with Crippen LogP contribution in [0.1, 0.15) is 35.2 Å². The van der Waals surface area contributed by atoms with Gasteiger partial charge in [-0.3, -0.25) is 4.99 Å². The van der Waals surface area contributed by atoms with Crippen molar-refractivity contribution in [2.75, 3.05) is 0 Å². The number of aryl methyl sites for hydroxylation is 1. The number of hydrogen-bond donors (Lipinski definition) is 0. The molecule has 0 radical (unpaired) electrons. The second-order valence-corrected chi connectivity index (χ2v) is 6.21. The molecule has 1 unspecified atom stereocenters. The van der Waals surface area contributed by atoms with E-state index >= 15 is 0 Å². The highest BCUT2D eigenvalue weighted by Gasteiger charge is 2.02. The maximum Gasteiger partial charge on any atom is 0.120 e. The molecule has 126 valence electrons. The van der Waals surface area contributed by atoms with E-state index in [0.717, 1.165) is 16.9 Å². The molecule has 3 aromatic rings. The van der Waals surface area contributed by atoms with E-state index < -0.39 is 0 Å². The Kier molecular flexibility index (Phi) is 5.63. The van der Waals surface area contributed by atoms with Crippen molar-refractivity contribution in [3.05, 3.63) is 101 Å². The normalized spacial score (nSPS) is 12.2. The number of nitrogens with zero attached hydrogens (tertiary/aromatic N) is 1. The van der Waals surface area contributed by atoms with E-state index in [2.05, 4.69) is 55.2 Å². The van der Waals surface area contributed by atoms with Gasteiger partial charge >= 0.3 is 0 Å². The van der Waals surface area contributed by atoms with Crippen LogP contribution in [-0.4, -0.2) is 6.21 Å². The fourth-order valence-corrected chi connectivity index (χ4v) is 2.55. The molecule has 1 atom stereocenters. The molecule has 0 heterocycles. The van der Waals surface area contributed by atoms with Gasteiger partial charge in [0, 0.05) is 6.21 Å². The molecule has 0 aliphatic heterocycles. The minimum atomic E-state index is 0.134. The van der Waals surface area contributed by atoms with Crippen molar-refractivity contribution in [2.24, 2.45) is 4.99 Å². The van der Waals surface area contributed by atoms with Crippen LogP contribution in [0, 0.1) is 6.92 Å². The number of rotatable bonds is 6. The van der Waals surface area contributed by atoms with E-state index in [-0.39, 0.29) is 6.04 Å². The summed E-state index contributed by atoms with van der Waals surface area (Å²) >= 11 is 0. The molecular formula is C23H23NO. The molecule has 3 rings (SSSR count). The molecule has 0 spiro atoms. The zero-order valence-electron chi connectivity index (χ0n) is 14.7. The molecule has 0 bridgehead atoms. The van der Waals surface area contributed by atoms with Crippen LogP contribution >= 0.6 is 0 Å². The standard InChI is InChI=1S/C23H23NO/c1-18-11-13-22(14-12-18)19(2)24-16-21-9-6-10-23(15-21)25-17-20-7-4-3-5-8-20/h3-16,19H,17H2,1-2H3/b24-16+. The molecule has 2 nitrogen and oxygen atoms in total. The van der Waals surface area contributed by atoms with Gasteiger partial charge in [0.2, 0.25) is 0 Å². The predicted molar refractivity (Wildman–Crippen MR) is 104 cm³/mol. The number of benzene rings is 3. The Labute approximate surface area is 149 Å². The molecule has 0 fully saturated rings. The predicted octanol–water partition coefficient (Wildman–Crippen LogP) is 5.75. The Morgan fingerprint density at radius 3 is 2.44 bits per heavy atom. The first-order chi connectivity index (χ1) is 12.2. The Hall–Kier alpha value is -2.87. The minimum absolute atomic E-state index is 0.134. The summed E-state index contributed by atoms with van der Waals surface area (Å²) in [5.41, 5.74) is 4.70. The van der Waals surface area contributed by atoms with E-state index in [9.17, 15) is 0 Å². The van der Waals surface area contributed by atoms with Crippen LogP contribution in [0.25, 0.3) is 0 Å². The van der Waals surface area contributed by atoms with Gasteiger partial charge in [-0.05, 0) is 42.7 Å². The molecule has 3 aromatic carbocycles. The second-order valence-electron chi connectivity index (χ2n) is 6.21. The van der Waals surface area contributed by atoms with Gasteiger partial charge in [0.1, 0.15) is 12.4 Å². The summed E-state index contributed by atoms with van der Waals surface area (Å²) in [6.45, 7) is 4.77. The van der Waals surface area contributed by atoms with E-state index in [1.807, 2.05) is 48.7 Å². The van der Waals surface area contributed by atoms with Crippen molar-refractivity contribution in [3.63, 3.8) is 0 Å². The summed E-state index contributed by atoms with van der Waals surface area (Å²) < 4.78 is 5.88. The highest BCUT2D eigenvalue weighted by Crippen LogP contribution is 2.18. The van der Waals surface area contributed by atoms with Crippen molar-refractivity contribution in [3.8, 4) is 5.75 Å². The van der Waals surface area contributed by atoms with Crippen molar-refractivity contribution < 1.29 is 4.74 Å². The van der Waals surface area contributed by atoms with Gasteiger partial charge in [-0.2, -0.15) is 0 Å². The summed E-state index contributed by atoms with van der Waals surface area (Å²) in [4.78, 5) is 4.67. The van der Waals surface area contributed by atoms with Crippen LogP contribution in [0.2, 0.25) is 0 Å². The maximum absolute atomic E-state index is 5.88. The Bertz CT molecular complexity index is 822. The summed E-state index contributed by atoms with van der Waals surface area (Å²) in [7, 11) is 0. The first-order valence-electron chi connectivity index (χ1n) is 8.57. The third-order valence-electron chi connectivity index (χ3n) is 4.11. The van der Waals surface area contributed by atoms with Crippen molar-refractivity contribution in [1.82, 2.24) is 0 Å². The number of hydrogen-bond acceptors (Lipinski definition) is 2. The Morgan fingerprint density at radius 2 is 1.68 bits per heavy atom. The van der Waals surface area contributed by atoms with Crippen LogP contribution in [0.15, 0.2) is 83.9 Å². The first kappa shape index (κ1) is 17.0. The first-order valence-corrected chi connectivity index (χ1v) is 8.57. The molecule has 0 aliphatic rings. The van der Waals surface area contributed by atoms with E-state index in [0.29, 0.717) is 6.61 Å². The summed E-state index contributed by atoms with van der Waals surface area (Å²) in [5, 5.41) is 0. The molecule has 2 heteroatoms. The van der Waals surface area contributed by atoms with Crippen molar-refractivity contribution >= 4 is 6.21 Å². The van der Waals surface area contributed by atoms with Crippen molar-refractivity contribution in [1.29, 1.82) is 0 Å². The molecule has 0 saturated carbocycles. The van der Waals surface area contributed by atoms with Crippen LogP contribution in [0.3, 0.4) is 0 Å². The van der Waals surface area contributed by atoms with E-state index in [4.69, 9.17) is 4.74 Å². The molecule has 0 N–H and O–H groups in total. The molecule has 0 aliphatic carbocycles. The van der Waals surface area contributed by atoms with Gasteiger partial charge in [0.05, 0.1) is 6.04 Å². The average Bonchev–Trinajstić information content (AvgIpc) is 2.66. The number of ether oxygens (including phenoxy) is 1. The third-order valence-corrected chi connectivity index (χ3v) is 4.11. The smallest absolute Gasteiger partial charge is 0.120 e. The average molecular weight is 329 g/mol. The van der Waals surface area contributed by atoms with Gasteiger partial charge in [0.25, 0.3) is 0 Å². The summed E-state index contributed by atoms with van der Waals surface area (Å²) in [6, 6.07) is 26.9. The Balaban J connectivity index is 1.63. The monoisotopic (exact) mass is 329 g/mol. The lowest BCUT2D eigenvalue weighted by Crippen LogP contribution is -1.96. The maximum atomic E-state index is 5.88. The quantitative estimate of drug-likeness (QED) is 0.527. The van der Waals surface area contributed by atoms with Crippen molar-refractivity contribution in [2.45, 2.75) is 26.5 Å². The second kappa shape index (κ2) is 8.29. The molecule has 25 heavy (non-hydrogen) atoms. The van der Waals surface area contributed by atoms with Crippen LogP contribution in [0.5, 0.6) is 5.75 Å². The number of aliphatic imine (C=N–C) groups is 1. The van der Waals surface area contributed by atoms with Gasteiger partial charge < -0.3 is 4.74 Å². The lowest BCUT2D eigenvalue weighted by atomic mass is 10.1. The van der Waals surface area contributed by atoms with Crippen LogP contribution in [-0.2, 0) is 6.61 Å². The van der Waals surface area contributed by atoms with Gasteiger partial charge in [-0.25, -0.2) is 0 Å². The minimum Gasteiger partial charge on any atom is -0.489 e. The van der Waals surface area contributed by atoms with Gasteiger partial charge in [-0.1, -0.05) is 72.3 Å². The fraction of sp³-hybridized carbons (Fsp3) is 0.174. The third kappa shape index (κ3) is 5.05. The van der Waals surface area contributed by atoms with Crippen LogP contribution in [0.4, 0.5) is 0 Å². The fourth-order valence-electron chi connectivity index (χ4n) is 2.55. The highest BCUT2D eigenvalue weighted by atomic mass is 16.5. The summed E-state index contributed by atoms with van der Waals surface area (Å²) in [5.74, 6) is 0.857. The summed E-state index contributed by atoms with van der Waals surface area (Å²) in [6.07, 6.45) is 1.92. The largest absolute Gasteiger partial charge is 0.489 e. The molecule has 0 saturated heterocycles. The van der Waals surface area contributed by atoms with Gasteiger partial charge in [-0.15, -0.1) is 0 Å². The SMILES string of the molecule is Cc1ccc(C(C)/N=C/c2cccc(OCc3ccccc3)c2)cc1. The highest BCUT2D eigenvalue weighted by molar-refractivity contribution is 5.80. The lowest BCUT2D eigenvalue weighted by Gasteiger charge is -2.08. The lowest BCUT2D eigenvalue weighted by molar-refractivity contribution is 0.306. The topological polar surface area (TPSA) is 21.6 Å². The molecular weight excluding hydrogens is 306 g/mol. The van der Waals surface area contributed by atoms with Gasteiger partial charge in [0.15, 0.2) is 0 Å². The molecule has 0 amide bonds. The zero-order chi connectivity index (χ0) is 17.5. The Morgan fingerprint density at radius 1 is 0.920 bits per heavy atom.